The third-order valence-corrected chi connectivity index (χ3v) is 7.15. The monoisotopic (exact) mass is 370 g/mol. The number of fused-ring (bicyclic) bond motifs is 1. The number of urea groups is 1. The minimum absolute atomic E-state index is 0.0125. The summed E-state index contributed by atoms with van der Waals surface area (Å²) in [5, 5.41) is 0. The summed E-state index contributed by atoms with van der Waals surface area (Å²) in [5.74, 6) is 0.0251. The predicted octanol–water partition coefficient (Wildman–Crippen LogP) is 3.22. The molecule has 0 unspecified atom stereocenters. The number of carbonyl (C=O) groups excluding carboxylic acids is 1. The number of amides is 2. The van der Waals surface area contributed by atoms with Crippen molar-refractivity contribution < 1.29 is 13.2 Å². The lowest BCUT2D eigenvalue weighted by Crippen LogP contribution is -2.38. The van der Waals surface area contributed by atoms with E-state index in [0.717, 1.165) is 28.1 Å². The molecule has 0 aliphatic carbocycles. The van der Waals surface area contributed by atoms with Crippen LogP contribution >= 0.6 is 0 Å². The summed E-state index contributed by atoms with van der Waals surface area (Å²) < 4.78 is 24.6. The summed E-state index contributed by atoms with van der Waals surface area (Å²) in [6, 6.07) is 12.7. The second-order valence-corrected chi connectivity index (χ2v) is 9.49. The molecule has 2 aromatic rings. The maximum Gasteiger partial charge on any atom is 0.329 e. The van der Waals surface area contributed by atoms with Crippen LogP contribution in [0.25, 0.3) is 0 Å². The second-order valence-electron chi connectivity index (χ2n) is 7.34. The van der Waals surface area contributed by atoms with Crippen molar-refractivity contribution in [2.45, 2.75) is 32.9 Å². The molecule has 0 spiro atoms. The lowest BCUT2D eigenvalue weighted by Gasteiger charge is -2.23. The molecule has 5 nitrogen and oxygen atoms in total. The summed E-state index contributed by atoms with van der Waals surface area (Å²) in [4.78, 5) is 16.6. The molecule has 0 bridgehead atoms. The van der Waals surface area contributed by atoms with Crippen LogP contribution in [0, 0.1) is 20.8 Å². The molecule has 0 saturated carbocycles. The molecule has 136 valence electrons. The van der Waals surface area contributed by atoms with Gasteiger partial charge in [-0.2, -0.15) is 0 Å². The number of nitrogens with zero attached hydrogens (tertiary/aromatic N) is 2. The van der Waals surface area contributed by atoms with E-state index in [9.17, 15) is 13.2 Å². The molecule has 2 aliphatic heterocycles. The van der Waals surface area contributed by atoms with Crippen molar-refractivity contribution in [1.82, 2.24) is 0 Å². The fourth-order valence-electron chi connectivity index (χ4n) is 3.89. The molecule has 26 heavy (non-hydrogen) atoms. The average Bonchev–Trinajstić information content (AvgIpc) is 3.00. The summed E-state index contributed by atoms with van der Waals surface area (Å²) in [6.07, 6.45) is 0. The van der Waals surface area contributed by atoms with Gasteiger partial charge in [-0.25, -0.2) is 13.2 Å². The Morgan fingerprint density at radius 3 is 1.92 bits per heavy atom. The van der Waals surface area contributed by atoms with E-state index in [-0.39, 0.29) is 29.6 Å². The van der Waals surface area contributed by atoms with E-state index < -0.39 is 9.84 Å². The third-order valence-electron chi connectivity index (χ3n) is 5.45. The Bertz CT molecular complexity index is 983. The van der Waals surface area contributed by atoms with Gasteiger partial charge in [0.15, 0.2) is 9.84 Å². The molecule has 0 radical (unpaired) electrons. The first-order chi connectivity index (χ1) is 12.3. The van der Waals surface area contributed by atoms with Crippen LogP contribution in [0.1, 0.15) is 16.7 Å². The molecule has 4 rings (SSSR count). The number of aryl methyl sites for hydroxylation is 3. The lowest BCUT2D eigenvalue weighted by molar-refractivity contribution is 0.255. The number of sulfone groups is 1. The summed E-state index contributed by atoms with van der Waals surface area (Å²) >= 11 is 0. The van der Waals surface area contributed by atoms with Crippen molar-refractivity contribution in [3.8, 4) is 0 Å². The van der Waals surface area contributed by atoms with E-state index in [2.05, 4.69) is 0 Å². The molecule has 2 fully saturated rings. The Balaban J connectivity index is 1.81. The highest BCUT2D eigenvalue weighted by molar-refractivity contribution is 7.91. The van der Waals surface area contributed by atoms with Crippen LogP contribution in [-0.2, 0) is 9.84 Å². The SMILES string of the molecule is Cc1ccc(N2C(=O)N(c3ccc(C)c(C)c3)[C@H]3CS(=O)(=O)C[C@@H]32)cc1. The topological polar surface area (TPSA) is 57.7 Å². The van der Waals surface area contributed by atoms with Gasteiger partial charge < -0.3 is 0 Å². The maximum atomic E-state index is 13.3. The molecule has 0 N–H and O–H groups in total. The molecule has 2 aromatic carbocycles. The average molecular weight is 370 g/mol. The van der Waals surface area contributed by atoms with Crippen LogP contribution in [0.2, 0.25) is 0 Å². The number of hydrogen-bond donors (Lipinski definition) is 0. The van der Waals surface area contributed by atoms with E-state index in [1.165, 1.54) is 0 Å². The molecule has 2 aliphatic rings. The smallest absolute Gasteiger partial charge is 0.288 e. The van der Waals surface area contributed by atoms with Crippen LogP contribution in [0.3, 0.4) is 0 Å². The standard InChI is InChI=1S/C20H22N2O3S/c1-13-4-7-16(8-5-13)21-18-11-26(24,25)12-19(18)22(20(21)23)17-9-6-14(2)15(3)10-17/h4-10,18-19H,11-12H2,1-3H3/t18-,19-/m0/s1. The van der Waals surface area contributed by atoms with Crippen molar-refractivity contribution in [2.24, 2.45) is 0 Å². The molecule has 6 heteroatoms. The van der Waals surface area contributed by atoms with Crippen LogP contribution in [0.5, 0.6) is 0 Å². The lowest BCUT2D eigenvalue weighted by atomic mass is 10.1. The van der Waals surface area contributed by atoms with Gasteiger partial charge in [-0.05, 0) is 56.2 Å². The minimum atomic E-state index is -3.17. The number of carbonyl (C=O) groups is 1. The highest BCUT2D eigenvalue weighted by atomic mass is 32.2. The van der Waals surface area contributed by atoms with Gasteiger partial charge in [0.1, 0.15) is 0 Å². The van der Waals surface area contributed by atoms with E-state index in [0.29, 0.717) is 0 Å². The molecular weight excluding hydrogens is 348 g/mol. The van der Waals surface area contributed by atoms with Gasteiger partial charge in [-0.3, -0.25) is 9.80 Å². The number of anilines is 2. The van der Waals surface area contributed by atoms with Gasteiger partial charge in [0, 0.05) is 11.4 Å². The summed E-state index contributed by atoms with van der Waals surface area (Å²) in [7, 11) is -3.17. The fraction of sp³-hybridized carbons (Fsp3) is 0.350. The Morgan fingerprint density at radius 1 is 0.808 bits per heavy atom. The second kappa shape index (κ2) is 5.84. The first kappa shape index (κ1) is 17.1. The molecule has 2 heterocycles. The van der Waals surface area contributed by atoms with Crippen molar-refractivity contribution >= 4 is 27.2 Å². The molecule has 2 amide bonds. The minimum Gasteiger partial charge on any atom is -0.288 e. The molecule has 0 aromatic heterocycles. The maximum absolute atomic E-state index is 13.3. The van der Waals surface area contributed by atoms with Crippen LogP contribution in [0.4, 0.5) is 16.2 Å². The van der Waals surface area contributed by atoms with Gasteiger partial charge in [0.2, 0.25) is 0 Å². The zero-order valence-corrected chi connectivity index (χ0v) is 16.0. The molecule has 2 saturated heterocycles. The van der Waals surface area contributed by atoms with Crippen LogP contribution in [-0.4, -0.2) is 38.0 Å². The molecule has 2 atom stereocenters. The number of benzene rings is 2. The summed E-state index contributed by atoms with van der Waals surface area (Å²) in [5.41, 5.74) is 4.84. The van der Waals surface area contributed by atoms with Gasteiger partial charge in [-0.15, -0.1) is 0 Å². The fourth-order valence-corrected chi connectivity index (χ4v) is 5.81. The van der Waals surface area contributed by atoms with Crippen molar-refractivity contribution in [3.63, 3.8) is 0 Å². The first-order valence-electron chi connectivity index (χ1n) is 8.73. The Labute approximate surface area is 154 Å². The number of hydrogen-bond acceptors (Lipinski definition) is 3. The Kier molecular flexibility index (Phi) is 3.84. The van der Waals surface area contributed by atoms with E-state index in [4.69, 9.17) is 0 Å². The van der Waals surface area contributed by atoms with Gasteiger partial charge in [-0.1, -0.05) is 23.8 Å². The zero-order chi connectivity index (χ0) is 18.6. The Morgan fingerprint density at radius 2 is 1.35 bits per heavy atom. The first-order valence-corrected chi connectivity index (χ1v) is 10.6. The van der Waals surface area contributed by atoms with Crippen LogP contribution < -0.4 is 9.80 Å². The highest BCUT2D eigenvalue weighted by Crippen LogP contribution is 2.38. The van der Waals surface area contributed by atoms with E-state index >= 15 is 0 Å². The van der Waals surface area contributed by atoms with Crippen LogP contribution in [0.15, 0.2) is 42.5 Å². The summed E-state index contributed by atoms with van der Waals surface area (Å²) in [6.45, 7) is 6.01. The van der Waals surface area contributed by atoms with E-state index in [1.807, 2.05) is 63.2 Å². The van der Waals surface area contributed by atoms with Gasteiger partial charge >= 0.3 is 6.03 Å². The Hall–Kier alpha value is -2.34. The quantitative estimate of drug-likeness (QED) is 0.763. The van der Waals surface area contributed by atoms with Gasteiger partial charge in [0.05, 0.1) is 23.6 Å². The van der Waals surface area contributed by atoms with Crippen molar-refractivity contribution in [3.05, 3.63) is 59.2 Å². The largest absolute Gasteiger partial charge is 0.329 e. The van der Waals surface area contributed by atoms with Crippen molar-refractivity contribution in [2.75, 3.05) is 21.3 Å². The van der Waals surface area contributed by atoms with Crippen molar-refractivity contribution in [1.29, 1.82) is 0 Å². The third kappa shape index (κ3) is 2.69. The number of rotatable bonds is 2. The molecular formula is C20H22N2O3S. The normalized spacial score (nSPS) is 24.2. The van der Waals surface area contributed by atoms with E-state index in [1.54, 1.807) is 9.80 Å². The predicted molar refractivity (Wildman–Crippen MR) is 104 cm³/mol. The highest BCUT2D eigenvalue weighted by Gasteiger charge is 2.54. The zero-order valence-electron chi connectivity index (χ0n) is 15.1. The van der Waals surface area contributed by atoms with Gasteiger partial charge in [0.25, 0.3) is 0 Å².